The molecule has 0 saturated heterocycles. The lowest BCUT2D eigenvalue weighted by Crippen LogP contribution is -2.17. The second-order valence-electron chi connectivity index (χ2n) is 7.25. The van der Waals surface area contributed by atoms with E-state index in [4.69, 9.17) is 0 Å². The van der Waals surface area contributed by atoms with Crippen molar-refractivity contribution in [2.45, 2.75) is 51.1 Å². The Morgan fingerprint density at radius 1 is 1.12 bits per heavy atom. The summed E-state index contributed by atoms with van der Waals surface area (Å²) in [5.74, 6) is 0.723. The molecule has 4 heteroatoms. The molecule has 1 aliphatic carbocycles. The lowest BCUT2D eigenvalue weighted by molar-refractivity contribution is 0.343. The van der Waals surface area contributed by atoms with Gasteiger partial charge in [0, 0.05) is 24.5 Å². The van der Waals surface area contributed by atoms with Crippen LogP contribution in [0.4, 0.5) is 5.69 Å². The molecule has 130 valence electrons. The van der Waals surface area contributed by atoms with Crippen LogP contribution in [0.25, 0.3) is 0 Å². The molecule has 0 amide bonds. The molecule has 4 rings (SSSR count). The summed E-state index contributed by atoms with van der Waals surface area (Å²) < 4.78 is 0. The van der Waals surface area contributed by atoms with Gasteiger partial charge in [0.15, 0.2) is 0 Å². The van der Waals surface area contributed by atoms with Crippen molar-refractivity contribution in [1.29, 1.82) is 0 Å². The Hall–Kier alpha value is -2.36. The average molecular weight is 334 g/mol. The van der Waals surface area contributed by atoms with Crippen molar-refractivity contribution in [3.8, 4) is 0 Å². The molecule has 0 spiro atoms. The first kappa shape index (κ1) is 16.1. The molecule has 1 saturated carbocycles. The third-order valence-electron chi connectivity index (χ3n) is 5.34. The summed E-state index contributed by atoms with van der Waals surface area (Å²) in [6.45, 7) is 1.62. The zero-order chi connectivity index (χ0) is 17.1. The van der Waals surface area contributed by atoms with E-state index >= 15 is 0 Å². The molecule has 2 aliphatic rings. The van der Waals surface area contributed by atoms with Crippen LogP contribution in [0.1, 0.15) is 60.4 Å². The third-order valence-corrected chi connectivity index (χ3v) is 5.34. The van der Waals surface area contributed by atoms with Crippen molar-refractivity contribution in [3.63, 3.8) is 0 Å². The van der Waals surface area contributed by atoms with Gasteiger partial charge in [-0.05, 0) is 48.1 Å². The van der Waals surface area contributed by atoms with Crippen molar-refractivity contribution in [1.82, 2.24) is 9.99 Å². The van der Waals surface area contributed by atoms with Crippen LogP contribution in [0.3, 0.4) is 0 Å². The Morgan fingerprint density at radius 2 is 2.00 bits per heavy atom. The van der Waals surface area contributed by atoms with E-state index in [0.717, 1.165) is 30.4 Å². The monoisotopic (exact) mass is 334 g/mol. The van der Waals surface area contributed by atoms with E-state index in [0.29, 0.717) is 0 Å². The van der Waals surface area contributed by atoms with E-state index in [9.17, 15) is 0 Å². The summed E-state index contributed by atoms with van der Waals surface area (Å²) in [7, 11) is 1.99. The summed E-state index contributed by atoms with van der Waals surface area (Å²) in [6.07, 6.45) is 10.8. The second kappa shape index (κ2) is 7.26. The second-order valence-corrected chi connectivity index (χ2v) is 7.25. The molecule has 2 heterocycles. The highest BCUT2D eigenvalue weighted by atomic mass is 15.4. The number of fused-ring (bicyclic) bond motifs is 1. The van der Waals surface area contributed by atoms with Crippen LogP contribution in [0.2, 0.25) is 0 Å². The number of hydrazone groups is 1. The summed E-state index contributed by atoms with van der Waals surface area (Å²) in [4.78, 5) is 4.67. The molecule has 0 radical (unpaired) electrons. The Labute approximate surface area is 150 Å². The van der Waals surface area contributed by atoms with Gasteiger partial charge in [0.1, 0.15) is 0 Å². The Kier molecular flexibility index (Phi) is 4.68. The molecule has 0 unspecified atom stereocenters. The van der Waals surface area contributed by atoms with Crippen molar-refractivity contribution in [3.05, 3.63) is 58.9 Å². The van der Waals surface area contributed by atoms with Crippen LogP contribution in [0.15, 0.2) is 41.6 Å². The van der Waals surface area contributed by atoms with Crippen molar-refractivity contribution >= 4 is 11.9 Å². The number of benzene rings is 1. The maximum atomic E-state index is 4.67. The van der Waals surface area contributed by atoms with E-state index in [1.54, 1.807) is 0 Å². The minimum Gasteiger partial charge on any atom is -0.379 e. The lowest BCUT2D eigenvalue weighted by Gasteiger charge is -2.21. The van der Waals surface area contributed by atoms with E-state index in [2.05, 4.69) is 51.9 Å². The number of pyridine rings is 1. The van der Waals surface area contributed by atoms with Gasteiger partial charge in [-0.3, -0.25) is 9.99 Å². The summed E-state index contributed by atoms with van der Waals surface area (Å²) in [5, 5.41) is 9.79. The molecular formula is C21H26N4. The number of nitrogens with zero attached hydrogens (tertiary/aromatic N) is 3. The van der Waals surface area contributed by atoms with Gasteiger partial charge < -0.3 is 5.32 Å². The van der Waals surface area contributed by atoms with Gasteiger partial charge in [-0.1, -0.05) is 31.4 Å². The van der Waals surface area contributed by atoms with Crippen LogP contribution in [0, 0.1) is 0 Å². The molecule has 0 atom stereocenters. The smallest absolute Gasteiger partial charge is 0.0613 e. The fraction of sp³-hybridized carbons (Fsp3) is 0.429. The molecule has 2 aromatic rings. The van der Waals surface area contributed by atoms with E-state index in [1.807, 2.05) is 18.3 Å². The van der Waals surface area contributed by atoms with Crippen molar-refractivity contribution in [2.24, 2.45) is 5.10 Å². The molecule has 1 fully saturated rings. The van der Waals surface area contributed by atoms with Gasteiger partial charge in [-0.15, -0.1) is 0 Å². The Bertz CT molecular complexity index is 745. The van der Waals surface area contributed by atoms with Gasteiger partial charge in [0.25, 0.3) is 0 Å². The topological polar surface area (TPSA) is 40.5 Å². The molecule has 1 aromatic heterocycles. The summed E-state index contributed by atoms with van der Waals surface area (Å²) >= 11 is 0. The van der Waals surface area contributed by atoms with Crippen LogP contribution in [-0.4, -0.2) is 23.3 Å². The van der Waals surface area contributed by atoms with Crippen molar-refractivity contribution in [2.75, 3.05) is 12.4 Å². The van der Waals surface area contributed by atoms with E-state index in [1.165, 1.54) is 48.8 Å². The van der Waals surface area contributed by atoms with E-state index in [-0.39, 0.29) is 0 Å². The number of nitrogens with one attached hydrogen (secondary N) is 1. The fourth-order valence-corrected chi connectivity index (χ4v) is 3.83. The average Bonchev–Trinajstić information content (AvgIpc) is 2.67. The summed E-state index contributed by atoms with van der Waals surface area (Å²) in [5.41, 5.74) is 6.14. The largest absolute Gasteiger partial charge is 0.379 e. The molecule has 1 aromatic carbocycles. The zero-order valence-electron chi connectivity index (χ0n) is 14.9. The lowest BCUT2D eigenvalue weighted by atomic mass is 9.85. The normalized spacial score (nSPS) is 17.4. The van der Waals surface area contributed by atoms with Gasteiger partial charge in [-0.25, -0.2) is 0 Å². The summed E-state index contributed by atoms with van der Waals surface area (Å²) in [6, 6.07) is 10.9. The Morgan fingerprint density at radius 3 is 2.80 bits per heavy atom. The first-order valence-electron chi connectivity index (χ1n) is 9.35. The quantitative estimate of drug-likeness (QED) is 0.893. The predicted molar refractivity (Wildman–Crippen MR) is 103 cm³/mol. The standard InChI is InChI=1S/C21H26N4/c1-25-15-18-8-9-20(11-19(18)13-24-25)23-14-21-10-7-17(12-22-21)16-5-3-2-4-6-16/h7-13,16,23H,2-6,14-15H2,1H3. The number of aromatic nitrogens is 1. The minimum atomic E-state index is 0.723. The highest BCUT2D eigenvalue weighted by molar-refractivity contribution is 5.84. The zero-order valence-corrected chi connectivity index (χ0v) is 14.9. The van der Waals surface area contributed by atoms with Crippen LogP contribution in [0.5, 0.6) is 0 Å². The van der Waals surface area contributed by atoms with Gasteiger partial charge in [0.05, 0.1) is 25.0 Å². The fourth-order valence-electron chi connectivity index (χ4n) is 3.83. The molecule has 25 heavy (non-hydrogen) atoms. The third kappa shape index (κ3) is 3.84. The minimum absolute atomic E-state index is 0.723. The molecule has 1 aliphatic heterocycles. The molecular weight excluding hydrogens is 308 g/mol. The van der Waals surface area contributed by atoms with Gasteiger partial charge in [0.2, 0.25) is 0 Å². The molecule has 1 N–H and O–H groups in total. The van der Waals surface area contributed by atoms with Crippen LogP contribution in [-0.2, 0) is 13.1 Å². The molecule has 0 bridgehead atoms. The Balaban J connectivity index is 1.38. The number of hydrogen-bond acceptors (Lipinski definition) is 4. The first-order valence-corrected chi connectivity index (χ1v) is 9.35. The first-order chi connectivity index (χ1) is 12.3. The van der Waals surface area contributed by atoms with Gasteiger partial charge in [-0.2, -0.15) is 5.10 Å². The SMILES string of the molecule is CN1Cc2ccc(NCc3ccc(C4CCCCC4)cn3)cc2C=N1. The van der Waals surface area contributed by atoms with Crippen LogP contribution >= 0.6 is 0 Å². The number of rotatable bonds is 4. The highest BCUT2D eigenvalue weighted by Crippen LogP contribution is 2.32. The molecule has 4 nitrogen and oxygen atoms in total. The van der Waals surface area contributed by atoms with Crippen molar-refractivity contribution < 1.29 is 0 Å². The maximum absolute atomic E-state index is 4.67. The van der Waals surface area contributed by atoms with Crippen LogP contribution < -0.4 is 5.32 Å². The van der Waals surface area contributed by atoms with E-state index < -0.39 is 0 Å². The number of anilines is 1. The number of hydrogen-bond donors (Lipinski definition) is 1. The highest BCUT2D eigenvalue weighted by Gasteiger charge is 2.15. The predicted octanol–water partition coefficient (Wildman–Crippen LogP) is 4.52. The maximum Gasteiger partial charge on any atom is 0.0613 e. The van der Waals surface area contributed by atoms with Gasteiger partial charge >= 0.3 is 0 Å².